The maximum Gasteiger partial charge on any atom is 0.0190 e. The van der Waals surface area contributed by atoms with Crippen LogP contribution >= 0.6 is 0 Å². The number of hydrogen-bond acceptors (Lipinski definition) is 1. The number of rotatable bonds is 2. The minimum atomic E-state index is 0.197. The Morgan fingerprint density at radius 2 is 2.06 bits per heavy atom. The first-order chi connectivity index (χ1) is 7.56. The normalized spacial score (nSPS) is 20.6. The van der Waals surface area contributed by atoms with Crippen molar-refractivity contribution in [3.8, 4) is 0 Å². The summed E-state index contributed by atoms with van der Waals surface area (Å²) in [6, 6.07) is 6.77. The summed E-state index contributed by atoms with van der Waals surface area (Å²) in [7, 11) is 2.07. The zero-order valence-corrected chi connectivity index (χ0v) is 10.9. The Morgan fingerprint density at radius 3 is 2.75 bits per heavy atom. The van der Waals surface area contributed by atoms with Gasteiger partial charge in [-0.05, 0) is 63.8 Å². The average Bonchev–Trinajstić information content (AvgIpc) is 2.29. The lowest BCUT2D eigenvalue weighted by atomic mass is 9.72. The zero-order valence-electron chi connectivity index (χ0n) is 10.9. The van der Waals surface area contributed by atoms with Gasteiger partial charge in [0.25, 0.3) is 0 Å². The van der Waals surface area contributed by atoms with Crippen molar-refractivity contribution < 1.29 is 0 Å². The van der Waals surface area contributed by atoms with Crippen LogP contribution in [0.1, 0.15) is 49.3 Å². The van der Waals surface area contributed by atoms with E-state index in [2.05, 4.69) is 51.3 Å². The molecule has 1 aliphatic rings. The summed E-state index contributed by atoms with van der Waals surface area (Å²) in [5.74, 6) is 0.654. The molecule has 1 unspecified atom stereocenters. The molecule has 1 heteroatoms. The predicted octanol–water partition coefficient (Wildman–Crippen LogP) is 3.41. The summed E-state index contributed by atoms with van der Waals surface area (Å²) in [4.78, 5) is 0. The lowest BCUT2D eigenvalue weighted by molar-refractivity contribution is 0.312. The van der Waals surface area contributed by atoms with E-state index in [0.717, 1.165) is 0 Å². The lowest BCUT2D eigenvalue weighted by Crippen LogP contribution is -2.43. The van der Waals surface area contributed by atoms with Gasteiger partial charge in [-0.2, -0.15) is 0 Å². The molecule has 0 aliphatic heterocycles. The molecular formula is C15H23N. The van der Waals surface area contributed by atoms with E-state index in [0.29, 0.717) is 5.92 Å². The predicted molar refractivity (Wildman–Crippen MR) is 70.0 cm³/mol. The van der Waals surface area contributed by atoms with Gasteiger partial charge in [0.15, 0.2) is 0 Å². The first kappa shape index (κ1) is 11.7. The highest BCUT2D eigenvalue weighted by atomic mass is 14.9. The highest BCUT2D eigenvalue weighted by Gasteiger charge is 2.32. The fourth-order valence-corrected chi connectivity index (χ4v) is 2.96. The van der Waals surface area contributed by atoms with E-state index in [4.69, 9.17) is 0 Å². The quantitative estimate of drug-likeness (QED) is 0.800. The van der Waals surface area contributed by atoms with Crippen molar-refractivity contribution in [2.24, 2.45) is 0 Å². The molecule has 1 N–H and O–H groups in total. The van der Waals surface area contributed by atoms with Gasteiger partial charge < -0.3 is 5.32 Å². The number of fused-ring (bicyclic) bond motifs is 1. The molecule has 0 amide bonds. The first-order valence-corrected chi connectivity index (χ1v) is 6.33. The van der Waals surface area contributed by atoms with Gasteiger partial charge in [-0.3, -0.25) is 0 Å². The number of benzene rings is 1. The number of nitrogens with one attached hydrogen (secondary N) is 1. The fourth-order valence-electron chi connectivity index (χ4n) is 2.96. The molecule has 0 spiro atoms. The first-order valence-electron chi connectivity index (χ1n) is 6.33. The third-order valence-corrected chi connectivity index (χ3v) is 4.26. The van der Waals surface area contributed by atoms with Gasteiger partial charge in [-0.25, -0.2) is 0 Å². The molecule has 1 nitrogen and oxygen atoms in total. The van der Waals surface area contributed by atoms with Crippen LogP contribution in [0.15, 0.2) is 18.2 Å². The summed E-state index contributed by atoms with van der Waals surface area (Å²) < 4.78 is 0. The van der Waals surface area contributed by atoms with Gasteiger partial charge in [0, 0.05) is 11.5 Å². The Balaban J connectivity index is 2.45. The van der Waals surface area contributed by atoms with Gasteiger partial charge >= 0.3 is 0 Å². The third-order valence-electron chi connectivity index (χ3n) is 4.26. The van der Waals surface area contributed by atoms with Crippen LogP contribution in [0, 0.1) is 6.92 Å². The lowest BCUT2D eigenvalue weighted by Gasteiger charge is -2.38. The summed E-state index contributed by atoms with van der Waals surface area (Å²) in [6.07, 6.45) is 3.90. The van der Waals surface area contributed by atoms with E-state index in [1.54, 1.807) is 11.1 Å². The zero-order chi connectivity index (χ0) is 11.8. The van der Waals surface area contributed by atoms with Crippen molar-refractivity contribution in [3.05, 3.63) is 34.9 Å². The maximum absolute atomic E-state index is 3.47. The Hall–Kier alpha value is -0.820. The Morgan fingerprint density at radius 1 is 1.31 bits per heavy atom. The molecule has 0 saturated carbocycles. The third kappa shape index (κ3) is 1.89. The molecule has 0 fully saturated rings. The summed E-state index contributed by atoms with van der Waals surface area (Å²) >= 11 is 0. The SMILES string of the molecule is CNC(C)(C)C1CCCc2c(C)cccc21. The van der Waals surface area contributed by atoms with Crippen LogP contribution in [0.4, 0.5) is 0 Å². The van der Waals surface area contributed by atoms with Crippen molar-refractivity contribution >= 4 is 0 Å². The van der Waals surface area contributed by atoms with Crippen LogP contribution in [-0.2, 0) is 6.42 Å². The van der Waals surface area contributed by atoms with Crippen molar-refractivity contribution in [2.45, 2.75) is 51.5 Å². The van der Waals surface area contributed by atoms with Crippen molar-refractivity contribution in [1.29, 1.82) is 0 Å². The topological polar surface area (TPSA) is 12.0 Å². The van der Waals surface area contributed by atoms with Gasteiger partial charge in [-0.1, -0.05) is 18.2 Å². The fraction of sp³-hybridized carbons (Fsp3) is 0.600. The Kier molecular flexibility index (Phi) is 3.07. The Labute approximate surface area is 99.3 Å². The average molecular weight is 217 g/mol. The highest BCUT2D eigenvalue weighted by Crippen LogP contribution is 2.39. The second-order valence-corrected chi connectivity index (χ2v) is 5.56. The van der Waals surface area contributed by atoms with Crippen molar-refractivity contribution in [1.82, 2.24) is 5.32 Å². The molecule has 1 aromatic rings. The second kappa shape index (κ2) is 4.21. The minimum absolute atomic E-state index is 0.197. The van der Waals surface area contributed by atoms with Crippen LogP contribution in [-0.4, -0.2) is 12.6 Å². The van der Waals surface area contributed by atoms with Gasteiger partial charge in [0.05, 0.1) is 0 Å². The van der Waals surface area contributed by atoms with Crippen LogP contribution in [0.5, 0.6) is 0 Å². The molecule has 0 bridgehead atoms. The van der Waals surface area contributed by atoms with E-state index in [1.165, 1.54) is 24.8 Å². The monoisotopic (exact) mass is 217 g/mol. The van der Waals surface area contributed by atoms with Crippen LogP contribution < -0.4 is 5.32 Å². The van der Waals surface area contributed by atoms with Gasteiger partial charge in [0.1, 0.15) is 0 Å². The summed E-state index contributed by atoms with van der Waals surface area (Å²) in [5, 5.41) is 3.47. The molecule has 0 radical (unpaired) electrons. The minimum Gasteiger partial charge on any atom is -0.314 e. The van der Waals surface area contributed by atoms with Gasteiger partial charge in [0.2, 0.25) is 0 Å². The van der Waals surface area contributed by atoms with Crippen molar-refractivity contribution in [3.63, 3.8) is 0 Å². The van der Waals surface area contributed by atoms with E-state index in [-0.39, 0.29) is 5.54 Å². The number of likely N-dealkylation sites (N-methyl/N-ethyl adjacent to an activating group) is 1. The van der Waals surface area contributed by atoms with Crippen LogP contribution in [0.25, 0.3) is 0 Å². The van der Waals surface area contributed by atoms with E-state index in [1.807, 2.05) is 0 Å². The second-order valence-electron chi connectivity index (χ2n) is 5.56. The Bertz CT molecular complexity index is 379. The summed E-state index contributed by atoms with van der Waals surface area (Å²) in [6.45, 7) is 6.87. The van der Waals surface area contributed by atoms with Crippen molar-refractivity contribution in [2.75, 3.05) is 7.05 Å². The molecule has 1 aliphatic carbocycles. The molecular weight excluding hydrogens is 194 g/mol. The molecule has 2 rings (SSSR count). The van der Waals surface area contributed by atoms with Crippen LogP contribution in [0.2, 0.25) is 0 Å². The molecule has 0 aromatic heterocycles. The molecule has 1 aromatic carbocycles. The summed E-state index contributed by atoms with van der Waals surface area (Å²) in [5.41, 5.74) is 4.84. The van der Waals surface area contributed by atoms with E-state index < -0.39 is 0 Å². The number of aryl methyl sites for hydroxylation is 1. The molecule has 0 heterocycles. The largest absolute Gasteiger partial charge is 0.314 e. The van der Waals surface area contributed by atoms with Crippen LogP contribution in [0.3, 0.4) is 0 Å². The molecule has 16 heavy (non-hydrogen) atoms. The molecule has 1 atom stereocenters. The highest BCUT2D eigenvalue weighted by molar-refractivity contribution is 5.40. The maximum atomic E-state index is 3.47. The van der Waals surface area contributed by atoms with E-state index in [9.17, 15) is 0 Å². The standard InChI is InChI=1S/C15H23N/c1-11-7-5-9-13-12(11)8-6-10-14(13)15(2,3)16-4/h5,7,9,14,16H,6,8,10H2,1-4H3. The molecule has 0 saturated heterocycles. The number of hydrogen-bond donors (Lipinski definition) is 1. The smallest absolute Gasteiger partial charge is 0.0190 e. The van der Waals surface area contributed by atoms with E-state index >= 15 is 0 Å². The van der Waals surface area contributed by atoms with Gasteiger partial charge in [-0.15, -0.1) is 0 Å². The molecule has 88 valence electrons.